The van der Waals surface area contributed by atoms with Crippen LogP contribution < -0.4 is 10.2 Å². The van der Waals surface area contributed by atoms with Gasteiger partial charge in [0.2, 0.25) is 0 Å². The van der Waals surface area contributed by atoms with E-state index in [1.807, 2.05) is 18.9 Å². The standard InChI is InChI=1S/C14H21FN2O2S/c1-3-16-9-11-8-12(15)4-5-14(11)17(2)13-6-7-20(18,19)10-13/h4-5,8,13,16H,3,6-7,9-10H2,1-2H3. The van der Waals surface area contributed by atoms with Crippen LogP contribution in [-0.4, -0.2) is 39.6 Å². The van der Waals surface area contributed by atoms with E-state index >= 15 is 0 Å². The molecule has 1 heterocycles. The van der Waals surface area contributed by atoms with Gasteiger partial charge in [0.25, 0.3) is 0 Å². The summed E-state index contributed by atoms with van der Waals surface area (Å²) in [5.41, 5.74) is 1.76. The second-order valence-electron chi connectivity index (χ2n) is 5.22. The third kappa shape index (κ3) is 3.49. The highest BCUT2D eigenvalue weighted by Gasteiger charge is 2.31. The topological polar surface area (TPSA) is 49.4 Å². The molecule has 20 heavy (non-hydrogen) atoms. The third-order valence-corrected chi connectivity index (χ3v) is 5.49. The van der Waals surface area contributed by atoms with Crippen molar-refractivity contribution in [1.29, 1.82) is 0 Å². The molecule has 0 amide bonds. The van der Waals surface area contributed by atoms with E-state index in [0.717, 1.165) is 17.8 Å². The van der Waals surface area contributed by atoms with Gasteiger partial charge in [0.05, 0.1) is 11.5 Å². The zero-order valence-electron chi connectivity index (χ0n) is 11.9. The van der Waals surface area contributed by atoms with Crippen molar-refractivity contribution >= 4 is 15.5 Å². The number of rotatable bonds is 5. The van der Waals surface area contributed by atoms with Gasteiger partial charge in [0, 0.05) is 25.3 Å². The molecular weight excluding hydrogens is 279 g/mol. The molecule has 6 heteroatoms. The maximum atomic E-state index is 13.4. The zero-order valence-corrected chi connectivity index (χ0v) is 12.7. The lowest BCUT2D eigenvalue weighted by molar-refractivity contribution is 0.600. The largest absolute Gasteiger partial charge is 0.370 e. The SMILES string of the molecule is CCNCc1cc(F)ccc1N(C)C1CCS(=O)(=O)C1. The molecule has 1 atom stereocenters. The highest BCUT2D eigenvalue weighted by molar-refractivity contribution is 7.91. The molecule has 0 bridgehead atoms. The van der Waals surface area contributed by atoms with Crippen LogP contribution in [0.3, 0.4) is 0 Å². The molecule has 0 radical (unpaired) electrons. The van der Waals surface area contributed by atoms with Crippen LogP contribution >= 0.6 is 0 Å². The average Bonchev–Trinajstić information content (AvgIpc) is 2.76. The van der Waals surface area contributed by atoms with Gasteiger partial charge in [-0.25, -0.2) is 12.8 Å². The summed E-state index contributed by atoms with van der Waals surface area (Å²) in [5, 5.41) is 3.18. The predicted octanol–water partition coefficient (Wildman–Crippen LogP) is 1.56. The molecule has 1 aromatic rings. The number of benzene rings is 1. The molecule has 0 aromatic heterocycles. The van der Waals surface area contributed by atoms with Crippen molar-refractivity contribution in [3.63, 3.8) is 0 Å². The second-order valence-corrected chi connectivity index (χ2v) is 7.45. The van der Waals surface area contributed by atoms with Gasteiger partial charge < -0.3 is 10.2 Å². The van der Waals surface area contributed by atoms with Crippen LogP contribution in [0, 0.1) is 5.82 Å². The molecule has 0 saturated carbocycles. The zero-order chi connectivity index (χ0) is 14.8. The molecule has 1 saturated heterocycles. The third-order valence-electron chi connectivity index (χ3n) is 3.74. The summed E-state index contributed by atoms with van der Waals surface area (Å²) in [5.74, 6) is 0.155. The molecule has 1 aliphatic heterocycles. The van der Waals surface area contributed by atoms with Gasteiger partial charge in [0.1, 0.15) is 5.82 Å². The van der Waals surface area contributed by atoms with E-state index in [1.165, 1.54) is 12.1 Å². The van der Waals surface area contributed by atoms with Crippen molar-refractivity contribution in [2.75, 3.05) is 30.0 Å². The summed E-state index contributed by atoms with van der Waals surface area (Å²) < 4.78 is 36.6. The highest BCUT2D eigenvalue weighted by Crippen LogP contribution is 2.26. The summed E-state index contributed by atoms with van der Waals surface area (Å²) in [7, 11) is -1.03. The van der Waals surface area contributed by atoms with E-state index in [-0.39, 0.29) is 23.4 Å². The van der Waals surface area contributed by atoms with E-state index in [0.29, 0.717) is 13.0 Å². The van der Waals surface area contributed by atoms with Crippen LogP contribution in [0.1, 0.15) is 18.9 Å². The first-order chi connectivity index (χ1) is 9.43. The van der Waals surface area contributed by atoms with Gasteiger partial charge in [-0.05, 0) is 36.7 Å². The molecule has 0 spiro atoms. The molecule has 1 unspecified atom stereocenters. The van der Waals surface area contributed by atoms with Crippen molar-refractivity contribution in [2.24, 2.45) is 0 Å². The fourth-order valence-electron chi connectivity index (χ4n) is 2.58. The van der Waals surface area contributed by atoms with Gasteiger partial charge in [-0.1, -0.05) is 6.92 Å². The maximum Gasteiger partial charge on any atom is 0.152 e. The second kappa shape index (κ2) is 6.10. The Morgan fingerprint density at radius 1 is 1.45 bits per heavy atom. The molecule has 0 aliphatic carbocycles. The Morgan fingerprint density at radius 3 is 2.80 bits per heavy atom. The van der Waals surface area contributed by atoms with E-state index in [4.69, 9.17) is 0 Å². The number of hydrogen-bond donors (Lipinski definition) is 1. The molecular formula is C14H21FN2O2S. The van der Waals surface area contributed by atoms with Gasteiger partial charge in [-0.3, -0.25) is 0 Å². The molecule has 112 valence electrons. The van der Waals surface area contributed by atoms with Crippen molar-refractivity contribution in [3.05, 3.63) is 29.6 Å². The monoisotopic (exact) mass is 300 g/mol. The van der Waals surface area contributed by atoms with E-state index in [1.54, 1.807) is 6.07 Å². The first-order valence-electron chi connectivity index (χ1n) is 6.85. The number of nitrogens with one attached hydrogen (secondary N) is 1. The summed E-state index contributed by atoms with van der Waals surface area (Å²) in [6, 6.07) is 4.64. The average molecular weight is 300 g/mol. The van der Waals surface area contributed by atoms with Crippen molar-refractivity contribution in [3.8, 4) is 0 Å². The van der Waals surface area contributed by atoms with E-state index < -0.39 is 9.84 Å². The number of sulfone groups is 1. The minimum Gasteiger partial charge on any atom is -0.370 e. The Hall–Kier alpha value is -1.14. The smallest absolute Gasteiger partial charge is 0.152 e. The van der Waals surface area contributed by atoms with Crippen LogP contribution in [0.15, 0.2) is 18.2 Å². The van der Waals surface area contributed by atoms with Gasteiger partial charge in [-0.2, -0.15) is 0 Å². The van der Waals surface area contributed by atoms with Crippen LogP contribution in [0.4, 0.5) is 10.1 Å². The minimum absolute atomic E-state index is 0.0224. The van der Waals surface area contributed by atoms with Crippen molar-refractivity contribution in [2.45, 2.75) is 25.9 Å². The summed E-state index contributed by atoms with van der Waals surface area (Å²) in [6.07, 6.45) is 0.636. The van der Waals surface area contributed by atoms with Crippen LogP contribution in [0.5, 0.6) is 0 Å². The predicted molar refractivity (Wildman–Crippen MR) is 79.2 cm³/mol. The number of hydrogen-bond acceptors (Lipinski definition) is 4. The molecule has 2 rings (SSSR count). The Kier molecular flexibility index (Phi) is 4.65. The molecule has 1 fully saturated rings. The normalized spacial score (nSPS) is 21.1. The summed E-state index contributed by atoms with van der Waals surface area (Å²) >= 11 is 0. The number of nitrogens with zero attached hydrogens (tertiary/aromatic N) is 1. The summed E-state index contributed by atoms with van der Waals surface area (Å²) in [4.78, 5) is 1.97. The lowest BCUT2D eigenvalue weighted by atomic mass is 10.1. The van der Waals surface area contributed by atoms with E-state index in [9.17, 15) is 12.8 Å². The first kappa shape index (κ1) is 15.3. The van der Waals surface area contributed by atoms with Crippen molar-refractivity contribution < 1.29 is 12.8 Å². The number of halogens is 1. The molecule has 1 N–H and O–H groups in total. The number of anilines is 1. The van der Waals surface area contributed by atoms with Gasteiger partial charge in [-0.15, -0.1) is 0 Å². The fraction of sp³-hybridized carbons (Fsp3) is 0.571. The molecule has 4 nitrogen and oxygen atoms in total. The lowest BCUT2D eigenvalue weighted by Gasteiger charge is -2.28. The Morgan fingerprint density at radius 2 is 2.20 bits per heavy atom. The van der Waals surface area contributed by atoms with Crippen molar-refractivity contribution in [1.82, 2.24) is 5.32 Å². The Bertz CT molecular complexity index is 575. The highest BCUT2D eigenvalue weighted by atomic mass is 32.2. The van der Waals surface area contributed by atoms with E-state index in [2.05, 4.69) is 5.32 Å². The molecule has 1 aromatic carbocycles. The van der Waals surface area contributed by atoms with Gasteiger partial charge in [0.15, 0.2) is 9.84 Å². The minimum atomic E-state index is -2.92. The summed E-state index contributed by atoms with van der Waals surface area (Å²) in [6.45, 7) is 3.37. The quantitative estimate of drug-likeness (QED) is 0.896. The Balaban J connectivity index is 2.22. The first-order valence-corrected chi connectivity index (χ1v) is 8.67. The molecule has 1 aliphatic rings. The Labute approximate surface area is 119 Å². The maximum absolute atomic E-state index is 13.4. The van der Waals surface area contributed by atoms with Crippen LogP contribution in [-0.2, 0) is 16.4 Å². The van der Waals surface area contributed by atoms with Crippen LogP contribution in [0.2, 0.25) is 0 Å². The van der Waals surface area contributed by atoms with Gasteiger partial charge >= 0.3 is 0 Å². The van der Waals surface area contributed by atoms with Crippen LogP contribution in [0.25, 0.3) is 0 Å². The fourth-order valence-corrected chi connectivity index (χ4v) is 4.35. The lowest BCUT2D eigenvalue weighted by Crippen LogP contribution is -2.33.